The van der Waals surface area contributed by atoms with Crippen LogP contribution >= 0.6 is 0 Å². The summed E-state index contributed by atoms with van der Waals surface area (Å²) in [5.74, 6) is -0.189. The first-order valence-corrected chi connectivity index (χ1v) is 6.12. The van der Waals surface area contributed by atoms with E-state index >= 15 is 0 Å². The molecule has 0 saturated heterocycles. The van der Waals surface area contributed by atoms with Gasteiger partial charge in [0.05, 0.1) is 16.7 Å². The summed E-state index contributed by atoms with van der Waals surface area (Å²) >= 11 is 0. The number of nitro benzene ring substituents is 1. The van der Waals surface area contributed by atoms with E-state index in [-0.39, 0.29) is 11.5 Å². The Morgan fingerprint density at radius 2 is 1.96 bits per heavy atom. The van der Waals surface area contributed by atoms with Gasteiger partial charge in [0.15, 0.2) is 0 Å². The molecule has 2 aromatic rings. The first-order chi connectivity index (χ1) is 10.8. The van der Waals surface area contributed by atoms with Crippen molar-refractivity contribution in [3.63, 3.8) is 0 Å². The fourth-order valence-electron chi connectivity index (χ4n) is 1.77. The summed E-state index contributed by atoms with van der Waals surface area (Å²) in [4.78, 5) is 10.0. The maximum absolute atomic E-state index is 12.6. The Kier molecular flexibility index (Phi) is 4.49. The fraction of sp³-hybridized carbons (Fsp3) is 0.0714. The highest BCUT2D eigenvalue weighted by Crippen LogP contribution is 2.37. The van der Waals surface area contributed by atoms with Crippen LogP contribution in [0.25, 0.3) is 0 Å². The van der Waals surface area contributed by atoms with Gasteiger partial charge in [-0.05, 0) is 29.8 Å². The number of nitro groups is 1. The normalized spacial score (nSPS) is 11.6. The molecule has 1 N–H and O–H groups in total. The SMILES string of the molecule is O=[N+]([O-])c1cc(C(F)(F)F)ccc1Oc1cccc(/C=N/O)c1. The summed E-state index contributed by atoms with van der Waals surface area (Å²) < 4.78 is 43.2. The highest BCUT2D eigenvalue weighted by atomic mass is 19.4. The molecule has 0 aliphatic heterocycles. The van der Waals surface area contributed by atoms with Crippen molar-refractivity contribution < 1.29 is 28.0 Å². The first-order valence-electron chi connectivity index (χ1n) is 6.12. The maximum Gasteiger partial charge on any atom is 0.416 e. The van der Waals surface area contributed by atoms with Crippen LogP contribution in [-0.4, -0.2) is 16.3 Å². The molecule has 0 bridgehead atoms. The van der Waals surface area contributed by atoms with Gasteiger partial charge >= 0.3 is 11.9 Å². The highest BCUT2D eigenvalue weighted by Gasteiger charge is 2.33. The van der Waals surface area contributed by atoms with Gasteiger partial charge in [-0.25, -0.2) is 0 Å². The Morgan fingerprint density at radius 3 is 2.57 bits per heavy atom. The van der Waals surface area contributed by atoms with Crippen LogP contribution in [0.4, 0.5) is 18.9 Å². The van der Waals surface area contributed by atoms with Crippen molar-refractivity contribution >= 4 is 11.9 Å². The summed E-state index contributed by atoms with van der Waals surface area (Å²) in [5.41, 5.74) is -1.50. The monoisotopic (exact) mass is 326 g/mol. The molecule has 0 spiro atoms. The topological polar surface area (TPSA) is 85.0 Å². The summed E-state index contributed by atoms with van der Waals surface area (Å²) in [5, 5.41) is 22.2. The Morgan fingerprint density at radius 1 is 1.22 bits per heavy atom. The lowest BCUT2D eigenvalue weighted by Crippen LogP contribution is -2.06. The molecule has 120 valence electrons. The van der Waals surface area contributed by atoms with Crippen LogP contribution in [0.3, 0.4) is 0 Å². The van der Waals surface area contributed by atoms with E-state index in [1.165, 1.54) is 18.2 Å². The largest absolute Gasteiger partial charge is 0.450 e. The van der Waals surface area contributed by atoms with E-state index in [0.29, 0.717) is 17.7 Å². The summed E-state index contributed by atoms with van der Waals surface area (Å²) in [6, 6.07) is 7.96. The van der Waals surface area contributed by atoms with Gasteiger partial charge in [-0.1, -0.05) is 17.3 Å². The number of nitrogens with zero attached hydrogens (tertiary/aromatic N) is 2. The van der Waals surface area contributed by atoms with Crippen LogP contribution < -0.4 is 4.74 Å². The Balaban J connectivity index is 2.40. The quantitative estimate of drug-likeness (QED) is 0.395. The van der Waals surface area contributed by atoms with Crippen molar-refractivity contribution in [2.75, 3.05) is 0 Å². The molecule has 0 atom stereocenters. The van der Waals surface area contributed by atoms with Gasteiger partial charge in [0, 0.05) is 6.07 Å². The van der Waals surface area contributed by atoms with Crippen LogP contribution in [0.5, 0.6) is 11.5 Å². The molecule has 6 nitrogen and oxygen atoms in total. The lowest BCUT2D eigenvalue weighted by molar-refractivity contribution is -0.385. The van der Waals surface area contributed by atoms with Crippen molar-refractivity contribution in [3.8, 4) is 11.5 Å². The minimum absolute atomic E-state index is 0.144. The van der Waals surface area contributed by atoms with E-state index < -0.39 is 22.4 Å². The predicted octanol–water partition coefficient (Wildman–Crippen LogP) is 4.21. The van der Waals surface area contributed by atoms with Crippen LogP contribution in [0.1, 0.15) is 11.1 Å². The smallest absolute Gasteiger partial charge is 0.416 e. The minimum Gasteiger partial charge on any atom is -0.450 e. The summed E-state index contributed by atoms with van der Waals surface area (Å²) in [6.07, 6.45) is -3.59. The van der Waals surface area contributed by atoms with Gasteiger partial charge in [-0.3, -0.25) is 10.1 Å². The number of hydrogen-bond donors (Lipinski definition) is 1. The van der Waals surface area contributed by atoms with Gasteiger partial charge in [0.25, 0.3) is 0 Å². The second kappa shape index (κ2) is 6.34. The molecule has 0 amide bonds. The molecule has 0 heterocycles. The maximum atomic E-state index is 12.6. The molecule has 0 aliphatic carbocycles. The fourth-order valence-corrected chi connectivity index (χ4v) is 1.77. The third-order valence-electron chi connectivity index (χ3n) is 2.78. The number of hydrogen-bond acceptors (Lipinski definition) is 5. The second-order valence-corrected chi connectivity index (χ2v) is 4.36. The first kappa shape index (κ1) is 16.3. The van der Waals surface area contributed by atoms with Crippen molar-refractivity contribution in [3.05, 3.63) is 63.7 Å². The minimum atomic E-state index is -4.69. The zero-order valence-electron chi connectivity index (χ0n) is 11.3. The van der Waals surface area contributed by atoms with E-state index in [4.69, 9.17) is 9.94 Å². The second-order valence-electron chi connectivity index (χ2n) is 4.36. The number of rotatable bonds is 4. The van der Waals surface area contributed by atoms with Gasteiger partial charge in [-0.15, -0.1) is 0 Å². The van der Waals surface area contributed by atoms with Crippen LogP contribution in [0.15, 0.2) is 47.6 Å². The molecule has 0 unspecified atom stereocenters. The lowest BCUT2D eigenvalue weighted by atomic mass is 10.2. The van der Waals surface area contributed by atoms with Crippen LogP contribution in [-0.2, 0) is 6.18 Å². The van der Waals surface area contributed by atoms with Crippen LogP contribution in [0.2, 0.25) is 0 Å². The number of benzene rings is 2. The van der Waals surface area contributed by atoms with E-state index in [0.717, 1.165) is 12.3 Å². The van der Waals surface area contributed by atoms with Crippen LogP contribution in [0, 0.1) is 10.1 Å². The zero-order chi connectivity index (χ0) is 17.0. The highest BCUT2D eigenvalue weighted by molar-refractivity contribution is 5.79. The third kappa shape index (κ3) is 3.96. The Bertz CT molecular complexity index is 760. The van der Waals surface area contributed by atoms with E-state index in [9.17, 15) is 23.3 Å². The number of ether oxygens (including phenoxy) is 1. The lowest BCUT2D eigenvalue weighted by Gasteiger charge is -2.10. The predicted molar refractivity (Wildman–Crippen MR) is 74.0 cm³/mol. The molecule has 9 heteroatoms. The number of halogens is 3. The number of alkyl halides is 3. The molecule has 23 heavy (non-hydrogen) atoms. The molecule has 0 fully saturated rings. The molecule has 2 aromatic carbocycles. The van der Waals surface area contributed by atoms with Crippen molar-refractivity contribution in [2.24, 2.45) is 5.16 Å². The van der Waals surface area contributed by atoms with Gasteiger partial charge in [0.1, 0.15) is 5.75 Å². The van der Waals surface area contributed by atoms with Gasteiger partial charge in [0.2, 0.25) is 5.75 Å². The molecular formula is C14H9F3N2O4. The van der Waals surface area contributed by atoms with Crippen molar-refractivity contribution in [1.82, 2.24) is 0 Å². The standard InChI is InChI=1S/C14H9F3N2O4/c15-14(16,17)10-4-5-13(12(7-10)19(21)22)23-11-3-1-2-9(6-11)8-18-20/h1-8,20H/b18-8+. The molecule has 0 aliphatic rings. The average molecular weight is 326 g/mol. The van der Waals surface area contributed by atoms with Gasteiger partial charge < -0.3 is 9.94 Å². The van der Waals surface area contributed by atoms with E-state index in [2.05, 4.69) is 5.16 Å². The summed E-state index contributed by atoms with van der Waals surface area (Å²) in [6.45, 7) is 0. The summed E-state index contributed by atoms with van der Waals surface area (Å²) in [7, 11) is 0. The van der Waals surface area contributed by atoms with Gasteiger partial charge in [-0.2, -0.15) is 13.2 Å². The Labute approximate surface area is 127 Å². The van der Waals surface area contributed by atoms with Crippen molar-refractivity contribution in [1.29, 1.82) is 0 Å². The molecular weight excluding hydrogens is 317 g/mol. The Hall–Kier alpha value is -3.10. The molecule has 0 radical (unpaired) electrons. The third-order valence-corrected chi connectivity index (χ3v) is 2.78. The number of oxime groups is 1. The van der Waals surface area contributed by atoms with E-state index in [1.54, 1.807) is 6.07 Å². The molecule has 0 saturated carbocycles. The van der Waals surface area contributed by atoms with Crippen molar-refractivity contribution in [2.45, 2.75) is 6.18 Å². The zero-order valence-corrected chi connectivity index (χ0v) is 11.3. The average Bonchev–Trinajstić information content (AvgIpc) is 2.47. The van der Waals surface area contributed by atoms with E-state index in [1.807, 2.05) is 0 Å². The molecule has 2 rings (SSSR count). The molecule has 0 aromatic heterocycles.